The lowest BCUT2D eigenvalue weighted by Gasteiger charge is -2.06. The van der Waals surface area contributed by atoms with Crippen molar-refractivity contribution in [1.29, 1.82) is 5.26 Å². The summed E-state index contributed by atoms with van der Waals surface area (Å²) < 4.78 is 4.76. The predicted molar refractivity (Wildman–Crippen MR) is 58.2 cm³/mol. The van der Waals surface area contributed by atoms with Crippen molar-refractivity contribution in [3.05, 3.63) is 28.3 Å². The van der Waals surface area contributed by atoms with Crippen LogP contribution in [0.5, 0.6) is 5.75 Å². The van der Waals surface area contributed by atoms with Gasteiger partial charge in [-0.3, -0.25) is 4.79 Å². The van der Waals surface area contributed by atoms with E-state index in [1.54, 1.807) is 6.92 Å². The van der Waals surface area contributed by atoms with Crippen LogP contribution in [0, 0.1) is 11.3 Å². The highest BCUT2D eigenvalue weighted by molar-refractivity contribution is 6.31. The summed E-state index contributed by atoms with van der Waals surface area (Å²) in [5.41, 5.74) is 0.554. The van der Waals surface area contributed by atoms with Gasteiger partial charge in [-0.2, -0.15) is 5.26 Å². The zero-order chi connectivity index (χ0) is 12.1. The zero-order valence-electron chi connectivity index (χ0n) is 8.66. The molecule has 0 heterocycles. The minimum absolute atomic E-state index is 0.0123. The molecular weight excluding hydrogens is 230 g/mol. The number of benzene rings is 1. The fraction of sp³-hybridized carbons (Fsp3) is 0.273. The molecule has 0 atom stereocenters. The van der Waals surface area contributed by atoms with Crippen molar-refractivity contribution in [2.75, 3.05) is 6.61 Å². The molecule has 1 aromatic rings. The monoisotopic (exact) mass is 239 g/mol. The molecule has 0 aliphatic heterocycles. The molecule has 5 heteroatoms. The largest absolute Gasteiger partial charge is 0.507 e. The van der Waals surface area contributed by atoms with Gasteiger partial charge in [-0.15, -0.1) is 0 Å². The van der Waals surface area contributed by atoms with E-state index >= 15 is 0 Å². The molecule has 4 nitrogen and oxygen atoms in total. The molecule has 0 spiro atoms. The fourth-order valence-electron chi connectivity index (χ4n) is 1.20. The lowest BCUT2D eigenvalue weighted by molar-refractivity contribution is -0.142. The smallest absolute Gasteiger partial charge is 0.310 e. The molecule has 0 aliphatic carbocycles. The number of halogens is 1. The second-order valence-corrected chi connectivity index (χ2v) is 3.46. The van der Waals surface area contributed by atoms with Crippen LogP contribution in [0.1, 0.15) is 18.1 Å². The Balaban J connectivity index is 2.97. The minimum atomic E-state index is -0.418. The molecule has 0 aliphatic rings. The van der Waals surface area contributed by atoms with Crippen LogP contribution in [0.3, 0.4) is 0 Å². The third-order valence-electron chi connectivity index (χ3n) is 1.93. The number of phenolic OH excluding ortho intramolecular Hbond substituents is 1. The van der Waals surface area contributed by atoms with Gasteiger partial charge in [0.05, 0.1) is 18.6 Å². The van der Waals surface area contributed by atoms with E-state index in [4.69, 9.17) is 21.6 Å². The first-order valence-electron chi connectivity index (χ1n) is 4.65. The average molecular weight is 240 g/mol. The summed E-state index contributed by atoms with van der Waals surface area (Å²) in [4.78, 5) is 11.2. The second-order valence-electron chi connectivity index (χ2n) is 3.05. The van der Waals surface area contributed by atoms with Crippen LogP contribution in [0.25, 0.3) is 0 Å². The number of nitrogens with zero attached hydrogens (tertiary/aromatic N) is 1. The predicted octanol–water partition coefficient (Wildman–Crippen LogP) is 2.02. The third kappa shape index (κ3) is 2.88. The summed E-state index contributed by atoms with van der Waals surface area (Å²) in [5.74, 6) is -0.612. The molecule has 0 unspecified atom stereocenters. The van der Waals surface area contributed by atoms with Crippen molar-refractivity contribution >= 4 is 17.6 Å². The molecule has 0 saturated carbocycles. The van der Waals surface area contributed by atoms with E-state index in [1.165, 1.54) is 12.1 Å². The highest BCUT2D eigenvalue weighted by Crippen LogP contribution is 2.26. The number of nitriles is 1. The Morgan fingerprint density at radius 3 is 2.88 bits per heavy atom. The van der Waals surface area contributed by atoms with E-state index in [9.17, 15) is 9.90 Å². The third-order valence-corrected chi connectivity index (χ3v) is 2.28. The average Bonchev–Trinajstić information content (AvgIpc) is 2.22. The highest BCUT2D eigenvalue weighted by Gasteiger charge is 2.11. The summed E-state index contributed by atoms with van der Waals surface area (Å²) in [6.45, 7) is 2.00. The number of rotatable bonds is 3. The Hall–Kier alpha value is -1.73. The van der Waals surface area contributed by atoms with Crippen molar-refractivity contribution in [1.82, 2.24) is 0 Å². The van der Waals surface area contributed by atoms with Crippen LogP contribution in [-0.2, 0) is 16.0 Å². The maximum Gasteiger partial charge on any atom is 0.310 e. The van der Waals surface area contributed by atoms with Crippen LogP contribution in [0.2, 0.25) is 5.02 Å². The maximum absolute atomic E-state index is 11.2. The standard InChI is InChI=1S/C11H10ClNO3/c1-2-16-11(15)4-7-3-8(6-13)10(14)5-9(7)12/h3,5,14H,2,4H2,1H3. The van der Waals surface area contributed by atoms with Gasteiger partial charge in [0.25, 0.3) is 0 Å². The summed E-state index contributed by atoms with van der Waals surface area (Å²) >= 11 is 5.83. The Labute approximate surface area is 98.0 Å². The van der Waals surface area contributed by atoms with Crippen LogP contribution >= 0.6 is 11.6 Å². The quantitative estimate of drug-likeness (QED) is 0.820. The van der Waals surface area contributed by atoms with Crippen LogP contribution in [0.4, 0.5) is 0 Å². The Morgan fingerprint density at radius 2 is 2.31 bits per heavy atom. The number of ether oxygens (including phenoxy) is 1. The van der Waals surface area contributed by atoms with Gasteiger partial charge in [-0.1, -0.05) is 11.6 Å². The SMILES string of the molecule is CCOC(=O)Cc1cc(C#N)c(O)cc1Cl. The number of esters is 1. The Bertz CT molecular complexity index is 451. The number of phenols is 1. The minimum Gasteiger partial charge on any atom is -0.507 e. The van der Waals surface area contributed by atoms with E-state index in [0.29, 0.717) is 12.2 Å². The van der Waals surface area contributed by atoms with Gasteiger partial charge >= 0.3 is 5.97 Å². The van der Waals surface area contributed by atoms with Crippen molar-refractivity contribution in [3.63, 3.8) is 0 Å². The summed E-state index contributed by atoms with van der Waals surface area (Å²) in [6, 6.07) is 4.44. The summed E-state index contributed by atoms with van der Waals surface area (Å²) in [7, 11) is 0. The van der Waals surface area contributed by atoms with Crippen LogP contribution in [-0.4, -0.2) is 17.7 Å². The number of carbonyl (C=O) groups excluding carboxylic acids is 1. The first kappa shape index (κ1) is 12.3. The molecule has 0 amide bonds. The maximum atomic E-state index is 11.2. The molecule has 0 fully saturated rings. The topological polar surface area (TPSA) is 70.3 Å². The molecule has 16 heavy (non-hydrogen) atoms. The lowest BCUT2D eigenvalue weighted by atomic mass is 10.1. The Morgan fingerprint density at radius 1 is 1.62 bits per heavy atom. The second kappa shape index (κ2) is 5.38. The summed E-state index contributed by atoms with van der Waals surface area (Å²) in [6.07, 6.45) is -0.0123. The molecule has 1 N–H and O–H groups in total. The van der Waals surface area contributed by atoms with E-state index in [-0.39, 0.29) is 22.8 Å². The van der Waals surface area contributed by atoms with Gasteiger partial charge in [-0.05, 0) is 18.6 Å². The van der Waals surface area contributed by atoms with Gasteiger partial charge < -0.3 is 9.84 Å². The van der Waals surface area contributed by atoms with Gasteiger partial charge in [-0.25, -0.2) is 0 Å². The first-order valence-corrected chi connectivity index (χ1v) is 5.03. The first-order chi connectivity index (χ1) is 7.58. The lowest BCUT2D eigenvalue weighted by Crippen LogP contribution is -2.08. The molecule has 1 aromatic carbocycles. The van der Waals surface area contributed by atoms with Crippen molar-refractivity contribution < 1.29 is 14.6 Å². The Kier molecular flexibility index (Phi) is 4.15. The van der Waals surface area contributed by atoms with Crippen molar-refractivity contribution in [3.8, 4) is 11.8 Å². The van der Waals surface area contributed by atoms with Crippen molar-refractivity contribution in [2.24, 2.45) is 0 Å². The molecule has 84 valence electrons. The highest BCUT2D eigenvalue weighted by atomic mass is 35.5. The fourth-order valence-corrected chi connectivity index (χ4v) is 1.42. The van der Waals surface area contributed by atoms with Gasteiger partial charge in [0, 0.05) is 11.1 Å². The number of carbonyl (C=O) groups is 1. The van der Waals surface area contributed by atoms with E-state index in [1.807, 2.05) is 6.07 Å². The number of hydrogen-bond donors (Lipinski definition) is 1. The van der Waals surface area contributed by atoms with Crippen LogP contribution < -0.4 is 0 Å². The van der Waals surface area contributed by atoms with Gasteiger partial charge in [0.1, 0.15) is 11.8 Å². The molecule has 0 radical (unpaired) electrons. The number of hydrogen-bond acceptors (Lipinski definition) is 4. The molecule has 1 rings (SSSR count). The molecule has 0 aromatic heterocycles. The molecule has 0 bridgehead atoms. The van der Waals surface area contributed by atoms with Gasteiger partial charge in [0.2, 0.25) is 0 Å². The van der Waals surface area contributed by atoms with Crippen LogP contribution in [0.15, 0.2) is 12.1 Å². The van der Waals surface area contributed by atoms with Crippen molar-refractivity contribution in [2.45, 2.75) is 13.3 Å². The number of aromatic hydroxyl groups is 1. The van der Waals surface area contributed by atoms with Gasteiger partial charge in [0.15, 0.2) is 0 Å². The molecule has 0 saturated heterocycles. The summed E-state index contributed by atoms with van der Waals surface area (Å²) in [5, 5.41) is 18.3. The van der Waals surface area contributed by atoms with E-state index in [2.05, 4.69) is 0 Å². The normalized spacial score (nSPS) is 9.56. The van der Waals surface area contributed by atoms with E-state index in [0.717, 1.165) is 0 Å². The van der Waals surface area contributed by atoms with E-state index < -0.39 is 5.97 Å². The zero-order valence-corrected chi connectivity index (χ0v) is 9.41. The molecular formula is C11H10ClNO3.